The number of carboxylic acids is 1. The lowest BCUT2D eigenvalue weighted by molar-refractivity contribution is 0.0697. The summed E-state index contributed by atoms with van der Waals surface area (Å²) in [5.41, 5.74) is 1.47. The lowest BCUT2D eigenvalue weighted by Gasteiger charge is -1.98. The molecule has 61 valence electrons. The van der Waals surface area contributed by atoms with E-state index < -0.39 is 5.97 Å². The molecule has 1 fully saturated rings. The van der Waals surface area contributed by atoms with E-state index in [0.29, 0.717) is 11.5 Å². The molecule has 0 amide bonds. The molecule has 1 aliphatic carbocycles. The maximum absolute atomic E-state index is 10.6. The highest BCUT2D eigenvalue weighted by Crippen LogP contribution is 2.39. The molecule has 0 saturated heterocycles. The van der Waals surface area contributed by atoms with Crippen LogP contribution in [0.3, 0.4) is 0 Å². The second kappa shape index (κ2) is 2.63. The number of carboxylic acid groups (broad SMARTS) is 1. The molecule has 0 aromatic heterocycles. The second-order valence-corrected chi connectivity index (χ2v) is 3.13. The number of aromatic carboxylic acids is 1. The molecule has 1 N–H and O–H groups in total. The fraction of sp³-hybridized carbons (Fsp3) is 0.300. The van der Waals surface area contributed by atoms with Gasteiger partial charge in [-0.2, -0.15) is 0 Å². The van der Waals surface area contributed by atoms with E-state index in [9.17, 15) is 4.79 Å². The van der Waals surface area contributed by atoms with Gasteiger partial charge in [0.2, 0.25) is 0 Å². The predicted octanol–water partition coefficient (Wildman–Crippen LogP) is 2.06. The summed E-state index contributed by atoms with van der Waals surface area (Å²) in [6.45, 7) is 0. The summed E-state index contributed by atoms with van der Waals surface area (Å²) in [5.74, 6) is -0.269. The largest absolute Gasteiger partial charge is 0.478 e. The molecule has 1 aliphatic rings. The van der Waals surface area contributed by atoms with Crippen LogP contribution in [0, 0.1) is 6.07 Å². The smallest absolute Gasteiger partial charge is 0.335 e. The van der Waals surface area contributed by atoms with Crippen LogP contribution in [0.2, 0.25) is 0 Å². The molecule has 1 saturated carbocycles. The van der Waals surface area contributed by atoms with Gasteiger partial charge >= 0.3 is 5.97 Å². The Morgan fingerprint density at radius 2 is 2.25 bits per heavy atom. The van der Waals surface area contributed by atoms with E-state index in [1.165, 1.54) is 18.9 Å². The van der Waals surface area contributed by atoms with Crippen LogP contribution in [0.1, 0.15) is 34.7 Å². The highest BCUT2D eigenvalue weighted by molar-refractivity contribution is 5.87. The van der Waals surface area contributed by atoms with Gasteiger partial charge in [0.25, 0.3) is 0 Å². The van der Waals surface area contributed by atoms with Gasteiger partial charge in [0, 0.05) is 0 Å². The van der Waals surface area contributed by atoms with Gasteiger partial charge in [-0.1, -0.05) is 6.07 Å². The molecule has 0 heterocycles. The predicted molar refractivity (Wildman–Crippen MR) is 44.2 cm³/mol. The van der Waals surface area contributed by atoms with Crippen molar-refractivity contribution < 1.29 is 9.90 Å². The molecule has 0 bridgehead atoms. The normalized spacial score (nSPS) is 16.0. The molecule has 2 heteroatoms. The van der Waals surface area contributed by atoms with E-state index in [2.05, 4.69) is 6.07 Å². The maximum atomic E-state index is 10.6. The minimum absolute atomic E-state index is 0.347. The molecule has 1 aromatic carbocycles. The summed E-state index contributed by atoms with van der Waals surface area (Å²) in [6, 6.07) is 7.99. The van der Waals surface area contributed by atoms with Crippen molar-refractivity contribution >= 4 is 5.97 Å². The van der Waals surface area contributed by atoms with Gasteiger partial charge in [0.05, 0.1) is 5.56 Å². The van der Waals surface area contributed by atoms with Gasteiger partial charge in [-0.25, -0.2) is 4.79 Å². The Balaban J connectivity index is 2.32. The molecule has 0 atom stereocenters. The monoisotopic (exact) mass is 161 g/mol. The number of hydrogen-bond donors (Lipinski definition) is 1. The first-order valence-electron chi connectivity index (χ1n) is 4.01. The summed E-state index contributed by atoms with van der Waals surface area (Å²) in [4.78, 5) is 10.6. The Kier molecular flexibility index (Phi) is 1.61. The number of hydrogen-bond acceptors (Lipinski definition) is 1. The van der Waals surface area contributed by atoms with Crippen LogP contribution in [-0.2, 0) is 0 Å². The first-order chi connectivity index (χ1) is 5.77. The third-order valence-electron chi connectivity index (χ3n) is 2.11. The Bertz CT molecular complexity index is 313. The molecule has 0 aliphatic heterocycles. The van der Waals surface area contributed by atoms with Crippen LogP contribution in [0.15, 0.2) is 18.2 Å². The van der Waals surface area contributed by atoms with Crippen LogP contribution in [-0.4, -0.2) is 11.1 Å². The lowest BCUT2D eigenvalue weighted by Crippen LogP contribution is -1.96. The molecule has 1 radical (unpaired) electrons. The van der Waals surface area contributed by atoms with Crippen LogP contribution in [0.25, 0.3) is 0 Å². The molecule has 2 nitrogen and oxygen atoms in total. The van der Waals surface area contributed by atoms with Crippen molar-refractivity contribution in [2.75, 3.05) is 0 Å². The highest BCUT2D eigenvalue weighted by Gasteiger charge is 2.23. The molecule has 1 aromatic rings. The van der Waals surface area contributed by atoms with Crippen molar-refractivity contribution in [1.29, 1.82) is 0 Å². The quantitative estimate of drug-likeness (QED) is 0.720. The van der Waals surface area contributed by atoms with Crippen molar-refractivity contribution in [3.8, 4) is 0 Å². The van der Waals surface area contributed by atoms with Crippen LogP contribution in [0.4, 0.5) is 0 Å². The Morgan fingerprint density at radius 1 is 1.50 bits per heavy atom. The number of carbonyl (C=O) groups is 1. The maximum Gasteiger partial charge on any atom is 0.335 e. The molecular weight excluding hydrogens is 152 g/mol. The van der Waals surface area contributed by atoms with Gasteiger partial charge in [-0.3, -0.25) is 0 Å². The van der Waals surface area contributed by atoms with E-state index in [4.69, 9.17) is 5.11 Å². The minimum atomic E-state index is -0.867. The number of rotatable bonds is 2. The topological polar surface area (TPSA) is 37.3 Å². The third kappa shape index (κ3) is 1.33. The SMILES string of the molecule is O=C(O)c1c[c]cc(C2CC2)c1. The van der Waals surface area contributed by atoms with E-state index in [1.807, 2.05) is 6.07 Å². The molecule has 2 rings (SSSR count). The van der Waals surface area contributed by atoms with Gasteiger partial charge in [-0.05, 0) is 42.5 Å². The Labute approximate surface area is 70.8 Å². The zero-order chi connectivity index (χ0) is 8.55. The standard InChI is InChI=1S/C10H9O2/c11-10(12)9-3-1-2-8(6-9)7-4-5-7/h2-3,6-7H,4-5H2,(H,11,12). The summed E-state index contributed by atoms with van der Waals surface area (Å²) in [5, 5.41) is 8.69. The van der Waals surface area contributed by atoms with Crippen molar-refractivity contribution in [2.24, 2.45) is 0 Å². The van der Waals surface area contributed by atoms with Crippen molar-refractivity contribution in [1.82, 2.24) is 0 Å². The summed E-state index contributed by atoms with van der Waals surface area (Å²) in [7, 11) is 0. The van der Waals surface area contributed by atoms with E-state index in [1.54, 1.807) is 6.07 Å². The molecule has 0 unspecified atom stereocenters. The average Bonchev–Trinajstić information content (AvgIpc) is 2.87. The second-order valence-electron chi connectivity index (χ2n) is 3.13. The van der Waals surface area contributed by atoms with Gasteiger partial charge in [0.1, 0.15) is 0 Å². The summed E-state index contributed by atoms with van der Waals surface area (Å²) >= 11 is 0. The van der Waals surface area contributed by atoms with Crippen LogP contribution in [0.5, 0.6) is 0 Å². The van der Waals surface area contributed by atoms with Gasteiger partial charge < -0.3 is 5.11 Å². The fourth-order valence-corrected chi connectivity index (χ4v) is 1.27. The van der Waals surface area contributed by atoms with Crippen molar-refractivity contribution in [3.05, 3.63) is 35.4 Å². The van der Waals surface area contributed by atoms with Gasteiger partial charge in [0.15, 0.2) is 0 Å². The zero-order valence-corrected chi connectivity index (χ0v) is 6.58. The molecule has 12 heavy (non-hydrogen) atoms. The number of benzene rings is 1. The van der Waals surface area contributed by atoms with Crippen molar-refractivity contribution in [2.45, 2.75) is 18.8 Å². The fourth-order valence-electron chi connectivity index (χ4n) is 1.27. The zero-order valence-electron chi connectivity index (χ0n) is 6.58. The van der Waals surface area contributed by atoms with Crippen molar-refractivity contribution in [3.63, 3.8) is 0 Å². The Morgan fingerprint density at radius 3 is 2.83 bits per heavy atom. The third-order valence-corrected chi connectivity index (χ3v) is 2.11. The lowest BCUT2D eigenvalue weighted by atomic mass is 10.1. The Hall–Kier alpha value is -1.31. The van der Waals surface area contributed by atoms with Gasteiger partial charge in [-0.15, -0.1) is 0 Å². The highest BCUT2D eigenvalue weighted by atomic mass is 16.4. The molecular formula is C10H9O2. The van der Waals surface area contributed by atoms with E-state index in [-0.39, 0.29) is 0 Å². The summed E-state index contributed by atoms with van der Waals surface area (Å²) in [6.07, 6.45) is 2.38. The minimum Gasteiger partial charge on any atom is -0.478 e. The summed E-state index contributed by atoms with van der Waals surface area (Å²) < 4.78 is 0. The van der Waals surface area contributed by atoms with Crippen LogP contribution >= 0.6 is 0 Å². The molecule has 0 spiro atoms. The average molecular weight is 161 g/mol. The first-order valence-corrected chi connectivity index (χ1v) is 4.01. The van der Waals surface area contributed by atoms with E-state index in [0.717, 1.165) is 5.56 Å². The van der Waals surface area contributed by atoms with E-state index >= 15 is 0 Å². The first kappa shape index (κ1) is 7.35. The van der Waals surface area contributed by atoms with Crippen LogP contribution < -0.4 is 0 Å².